The van der Waals surface area contributed by atoms with Crippen LogP contribution in [-0.2, 0) is 19.3 Å². The number of hydrogen-bond donors (Lipinski definition) is 1. The Bertz CT molecular complexity index is 306. The molecule has 0 aromatic carbocycles. The summed E-state index contributed by atoms with van der Waals surface area (Å²) in [7, 11) is 0. The minimum absolute atomic E-state index is 0.494. The van der Waals surface area contributed by atoms with Gasteiger partial charge in [-0.1, -0.05) is 12.1 Å². The largest absolute Gasteiger partial charge is 0.361 e. The molecule has 1 heterocycles. The highest BCUT2D eigenvalue weighted by Crippen LogP contribution is 2.25. The summed E-state index contributed by atoms with van der Waals surface area (Å²) in [5, 5.41) is 4.13. The molecule has 1 unspecified atom stereocenters. The van der Waals surface area contributed by atoms with Gasteiger partial charge in [-0.2, -0.15) is 0 Å². The van der Waals surface area contributed by atoms with Crippen LogP contribution in [0.15, 0.2) is 4.52 Å². The maximum absolute atomic E-state index is 5.60. The zero-order valence-corrected chi connectivity index (χ0v) is 8.75. The minimum Gasteiger partial charge on any atom is -0.361 e. The van der Waals surface area contributed by atoms with Gasteiger partial charge in [0.15, 0.2) is 0 Å². The molecule has 3 heteroatoms. The second kappa shape index (κ2) is 4.13. The quantitative estimate of drug-likeness (QED) is 0.796. The Hall–Kier alpha value is -0.830. The minimum atomic E-state index is 0.494. The second-order valence-electron chi connectivity index (χ2n) is 4.28. The molecule has 3 nitrogen and oxygen atoms in total. The third-order valence-electron chi connectivity index (χ3n) is 2.98. The third kappa shape index (κ3) is 1.82. The zero-order valence-electron chi connectivity index (χ0n) is 8.75. The average Bonchev–Trinajstić information content (AvgIpc) is 2.62. The highest BCUT2D eigenvalue weighted by Gasteiger charge is 2.19. The van der Waals surface area contributed by atoms with Crippen LogP contribution in [0.25, 0.3) is 0 Å². The van der Waals surface area contributed by atoms with Gasteiger partial charge < -0.3 is 10.3 Å². The van der Waals surface area contributed by atoms with Crippen LogP contribution in [0.5, 0.6) is 0 Å². The van der Waals surface area contributed by atoms with E-state index in [1.807, 2.05) is 0 Å². The van der Waals surface area contributed by atoms with E-state index >= 15 is 0 Å². The Balaban J connectivity index is 2.14. The van der Waals surface area contributed by atoms with Gasteiger partial charge in [-0.05, 0) is 38.1 Å². The molecule has 0 fully saturated rings. The Morgan fingerprint density at radius 2 is 2.21 bits per heavy atom. The van der Waals surface area contributed by atoms with E-state index in [1.54, 1.807) is 0 Å². The van der Waals surface area contributed by atoms with E-state index in [2.05, 4.69) is 12.1 Å². The van der Waals surface area contributed by atoms with Gasteiger partial charge in [0.1, 0.15) is 5.76 Å². The van der Waals surface area contributed by atoms with Gasteiger partial charge in [-0.25, -0.2) is 0 Å². The Morgan fingerprint density at radius 1 is 1.43 bits per heavy atom. The van der Waals surface area contributed by atoms with E-state index < -0.39 is 0 Å². The molecular weight excluding hydrogens is 176 g/mol. The molecule has 2 N–H and O–H groups in total. The van der Waals surface area contributed by atoms with E-state index in [4.69, 9.17) is 10.3 Å². The van der Waals surface area contributed by atoms with Crippen molar-refractivity contribution >= 4 is 0 Å². The van der Waals surface area contributed by atoms with Gasteiger partial charge in [0.2, 0.25) is 0 Å². The summed E-state index contributed by atoms with van der Waals surface area (Å²) in [5.41, 5.74) is 8.16. The molecule has 78 valence electrons. The summed E-state index contributed by atoms with van der Waals surface area (Å²) < 4.78 is 5.38. The van der Waals surface area contributed by atoms with Gasteiger partial charge >= 0.3 is 0 Å². The lowest BCUT2D eigenvalue weighted by molar-refractivity contribution is 0.360. The van der Waals surface area contributed by atoms with Crippen LogP contribution in [0.3, 0.4) is 0 Å². The van der Waals surface area contributed by atoms with Crippen LogP contribution in [-0.4, -0.2) is 11.7 Å². The van der Waals surface area contributed by atoms with Crippen LogP contribution in [0.2, 0.25) is 0 Å². The van der Waals surface area contributed by atoms with Crippen molar-refractivity contribution < 1.29 is 4.52 Å². The van der Waals surface area contributed by atoms with Gasteiger partial charge in [-0.3, -0.25) is 0 Å². The second-order valence-corrected chi connectivity index (χ2v) is 4.28. The molecule has 0 saturated heterocycles. The van der Waals surface area contributed by atoms with Crippen molar-refractivity contribution in [2.45, 2.75) is 39.0 Å². The van der Waals surface area contributed by atoms with Gasteiger partial charge in [0, 0.05) is 12.0 Å². The van der Waals surface area contributed by atoms with E-state index in [0.29, 0.717) is 5.92 Å². The van der Waals surface area contributed by atoms with Crippen molar-refractivity contribution in [3.8, 4) is 0 Å². The molecular formula is C11H18N2O. The number of nitrogens with zero attached hydrogens (tertiary/aromatic N) is 1. The first-order valence-corrected chi connectivity index (χ1v) is 5.47. The summed E-state index contributed by atoms with van der Waals surface area (Å²) in [4.78, 5) is 0. The maximum atomic E-state index is 5.60. The van der Waals surface area contributed by atoms with Crippen LogP contribution >= 0.6 is 0 Å². The molecule has 0 aliphatic heterocycles. The summed E-state index contributed by atoms with van der Waals surface area (Å²) >= 11 is 0. The zero-order chi connectivity index (χ0) is 9.97. The molecule has 0 bridgehead atoms. The molecule has 0 amide bonds. The Labute approximate surface area is 84.7 Å². The van der Waals surface area contributed by atoms with Crippen molar-refractivity contribution in [3.63, 3.8) is 0 Å². The lowest BCUT2D eigenvalue weighted by Gasteiger charge is -2.10. The molecule has 1 aromatic heterocycles. The number of hydrogen-bond acceptors (Lipinski definition) is 3. The number of rotatable bonds is 3. The first-order chi connectivity index (χ1) is 6.81. The molecule has 1 atom stereocenters. The van der Waals surface area contributed by atoms with E-state index in [9.17, 15) is 0 Å². The molecule has 0 radical (unpaired) electrons. The van der Waals surface area contributed by atoms with Crippen molar-refractivity contribution in [3.05, 3.63) is 17.0 Å². The molecule has 1 aliphatic carbocycles. The highest BCUT2D eigenvalue weighted by molar-refractivity contribution is 5.25. The number of fused-ring (bicyclic) bond motifs is 1. The van der Waals surface area contributed by atoms with Gasteiger partial charge in [0.25, 0.3) is 0 Å². The summed E-state index contributed by atoms with van der Waals surface area (Å²) in [5.74, 6) is 1.58. The molecule has 0 spiro atoms. The number of aryl methyl sites for hydroxylation is 1. The fraction of sp³-hybridized carbons (Fsp3) is 0.727. The smallest absolute Gasteiger partial charge is 0.140 e. The number of nitrogens with two attached hydrogens (primary N) is 1. The molecule has 2 rings (SSSR count). The maximum Gasteiger partial charge on any atom is 0.140 e. The van der Waals surface area contributed by atoms with Crippen molar-refractivity contribution in [2.24, 2.45) is 11.7 Å². The standard InChI is InChI=1S/C11H18N2O/c1-8(7-12)6-11-9-4-2-3-5-10(9)13-14-11/h8H,2-7,12H2,1H3. The van der Waals surface area contributed by atoms with Crippen LogP contribution in [0, 0.1) is 5.92 Å². The highest BCUT2D eigenvalue weighted by atomic mass is 16.5. The predicted octanol–water partition coefficient (Wildman–Crippen LogP) is 1.69. The van der Waals surface area contributed by atoms with Crippen LogP contribution in [0.1, 0.15) is 36.8 Å². The van der Waals surface area contributed by atoms with Crippen LogP contribution < -0.4 is 5.73 Å². The molecule has 1 aliphatic rings. The average molecular weight is 194 g/mol. The predicted molar refractivity (Wildman–Crippen MR) is 55.1 cm³/mol. The fourth-order valence-corrected chi connectivity index (χ4v) is 2.02. The van der Waals surface area contributed by atoms with E-state index in [-0.39, 0.29) is 0 Å². The lowest BCUT2D eigenvalue weighted by Crippen LogP contribution is -2.14. The Kier molecular flexibility index (Phi) is 2.87. The topological polar surface area (TPSA) is 52.0 Å². The summed E-state index contributed by atoms with van der Waals surface area (Å²) in [6, 6.07) is 0. The number of aromatic nitrogens is 1. The first-order valence-electron chi connectivity index (χ1n) is 5.47. The van der Waals surface area contributed by atoms with Crippen LogP contribution in [0.4, 0.5) is 0 Å². The fourth-order valence-electron chi connectivity index (χ4n) is 2.02. The summed E-state index contributed by atoms with van der Waals surface area (Å²) in [6.45, 7) is 2.87. The molecule has 0 saturated carbocycles. The molecule has 14 heavy (non-hydrogen) atoms. The SMILES string of the molecule is CC(CN)Cc1onc2c1CCCC2. The summed E-state index contributed by atoms with van der Waals surface area (Å²) in [6.07, 6.45) is 5.71. The molecule has 1 aromatic rings. The normalized spacial score (nSPS) is 17.9. The van der Waals surface area contributed by atoms with E-state index in [1.165, 1.54) is 24.1 Å². The Morgan fingerprint density at radius 3 is 3.00 bits per heavy atom. The third-order valence-corrected chi connectivity index (χ3v) is 2.98. The van der Waals surface area contributed by atoms with E-state index in [0.717, 1.165) is 31.6 Å². The van der Waals surface area contributed by atoms with Gasteiger partial charge in [-0.15, -0.1) is 0 Å². The van der Waals surface area contributed by atoms with Crippen molar-refractivity contribution in [1.29, 1.82) is 0 Å². The van der Waals surface area contributed by atoms with Crippen molar-refractivity contribution in [1.82, 2.24) is 5.16 Å². The lowest BCUT2D eigenvalue weighted by atomic mass is 9.93. The monoisotopic (exact) mass is 194 g/mol. The first kappa shape index (κ1) is 9.71. The van der Waals surface area contributed by atoms with Gasteiger partial charge in [0.05, 0.1) is 5.69 Å². The van der Waals surface area contributed by atoms with Crippen molar-refractivity contribution in [2.75, 3.05) is 6.54 Å².